The summed E-state index contributed by atoms with van der Waals surface area (Å²) >= 11 is 0. The average Bonchev–Trinajstić information content (AvgIpc) is 2.40. The van der Waals surface area contributed by atoms with Gasteiger partial charge in [-0.15, -0.1) is 0 Å². The lowest BCUT2D eigenvalue weighted by molar-refractivity contribution is -0.247. The van der Waals surface area contributed by atoms with Crippen LogP contribution >= 0.6 is 0 Å². The van der Waals surface area contributed by atoms with Crippen LogP contribution in [-0.2, 0) is 15.7 Å². The molecule has 1 saturated heterocycles. The second-order valence-corrected chi connectivity index (χ2v) is 5.23. The highest BCUT2D eigenvalue weighted by atomic mass is 19.4. The molecule has 1 fully saturated rings. The van der Waals surface area contributed by atoms with Gasteiger partial charge in [0.1, 0.15) is 6.07 Å². The van der Waals surface area contributed by atoms with Crippen molar-refractivity contribution in [3.8, 4) is 6.07 Å². The Balaban J connectivity index is 2.13. The number of anilines is 1. The highest BCUT2D eigenvalue weighted by molar-refractivity contribution is 5.59. The van der Waals surface area contributed by atoms with E-state index >= 15 is 0 Å². The van der Waals surface area contributed by atoms with E-state index in [9.17, 15) is 13.2 Å². The van der Waals surface area contributed by atoms with Gasteiger partial charge >= 0.3 is 6.18 Å². The third-order valence-electron chi connectivity index (χ3n) is 3.09. The van der Waals surface area contributed by atoms with Crippen LogP contribution in [-0.4, -0.2) is 25.0 Å². The fourth-order valence-electron chi connectivity index (χ4n) is 1.93. The molecule has 0 amide bonds. The van der Waals surface area contributed by atoms with E-state index in [1.807, 2.05) is 0 Å². The fourth-order valence-corrected chi connectivity index (χ4v) is 1.93. The topological polar surface area (TPSA) is 54.3 Å². The molecule has 1 heterocycles. The second kappa shape index (κ2) is 5.54. The monoisotopic (exact) mass is 300 g/mol. The first-order chi connectivity index (χ1) is 9.71. The molecule has 0 unspecified atom stereocenters. The summed E-state index contributed by atoms with van der Waals surface area (Å²) < 4.78 is 48.7. The van der Waals surface area contributed by atoms with E-state index in [4.69, 9.17) is 14.7 Å². The van der Waals surface area contributed by atoms with Crippen LogP contribution in [0.4, 0.5) is 18.9 Å². The summed E-state index contributed by atoms with van der Waals surface area (Å²) in [7, 11) is 0. The maximum atomic E-state index is 12.6. The van der Waals surface area contributed by atoms with Gasteiger partial charge < -0.3 is 14.8 Å². The number of hydrogen-bond acceptors (Lipinski definition) is 4. The van der Waals surface area contributed by atoms with E-state index in [1.165, 1.54) is 6.07 Å². The minimum Gasteiger partial charge on any atom is -0.377 e. The molecule has 1 aromatic rings. The van der Waals surface area contributed by atoms with Crippen LogP contribution in [0.2, 0.25) is 0 Å². The van der Waals surface area contributed by atoms with Crippen molar-refractivity contribution in [1.29, 1.82) is 5.26 Å². The first-order valence-corrected chi connectivity index (χ1v) is 6.37. The summed E-state index contributed by atoms with van der Waals surface area (Å²) in [4.78, 5) is 0. The molecule has 0 radical (unpaired) electrons. The molecule has 114 valence electrons. The molecule has 2 rings (SSSR count). The van der Waals surface area contributed by atoms with E-state index in [2.05, 4.69) is 5.32 Å². The maximum Gasteiger partial charge on any atom is 0.416 e. The van der Waals surface area contributed by atoms with Gasteiger partial charge in [0.2, 0.25) is 0 Å². The Morgan fingerprint density at radius 2 is 1.90 bits per heavy atom. The number of nitriles is 1. The van der Waals surface area contributed by atoms with E-state index < -0.39 is 17.5 Å². The Bertz CT molecular complexity index is 554. The number of nitrogens with zero attached hydrogens (tertiary/aromatic N) is 1. The minimum atomic E-state index is -4.47. The van der Waals surface area contributed by atoms with Gasteiger partial charge in [-0.05, 0) is 32.0 Å². The zero-order valence-electron chi connectivity index (χ0n) is 11.6. The van der Waals surface area contributed by atoms with Crippen LogP contribution in [0.1, 0.15) is 25.0 Å². The van der Waals surface area contributed by atoms with Gasteiger partial charge in [0.05, 0.1) is 36.1 Å². The molecule has 0 bridgehead atoms. The quantitative estimate of drug-likeness (QED) is 0.911. The van der Waals surface area contributed by atoms with Crippen LogP contribution in [0.25, 0.3) is 0 Å². The second-order valence-electron chi connectivity index (χ2n) is 5.23. The number of ether oxygens (including phenoxy) is 2. The number of rotatable bonds is 2. The summed E-state index contributed by atoms with van der Waals surface area (Å²) in [5.41, 5.74) is -0.570. The molecule has 0 spiro atoms. The Morgan fingerprint density at radius 1 is 1.29 bits per heavy atom. The zero-order valence-corrected chi connectivity index (χ0v) is 11.6. The van der Waals surface area contributed by atoms with Gasteiger partial charge in [-0.2, -0.15) is 18.4 Å². The molecule has 0 saturated carbocycles. The summed E-state index contributed by atoms with van der Waals surface area (Å²) in [5, 5.41) is 12.0. The minimum absolute atomic E-state index is 0.0605. The molecule has 0 aliphatic carbocycles. The van der Waals surface area contributed by atoms with Crippen LogP contribution < -0.4 is 5.32 Å². The van der Waals surface area contributed by atoms with E-state index in [0.29, 0.717) is 18.9 Å². The van der Waals surface area contributed by atoms with Gasteiger partial charge in [0.25, 0.3) is 0 Å². The maximum absolute atomic E-state index is 12.6. The van der Waals surface area contributed by atoms with E-state index in [0.717, 1.165) is 12.1 Å². The Morgan fingerprint density at radius 3 is 2.43 bits per heavy atom. The normalized spacial score (nSPS) is 19.0. The van der Waals surface area contributed by atoms with Crippen molar-refractivity contribution in [2.24, 2.45) is 0 Å². The van der Waals surface area contributed by atoms with Crippen molar-refractivity contribution in [2.75, 3.05) is 18.5 Å². The van der Waals surface area contributed by atoms with Crippen LogP contribution in [0.5, 0.6) is 0 Å². The number of hydrogen-bond donors (Lipinski definition) is 1. The number of alkyl halides is 3. The fraction of sp³-hybridized carbons (Fsp3) is 0.500. The first-order valence-electron chi connectivity index (χ1n) is 6.37. The van der Waals surface area contributed by atoms with Crippen molar-refractivity contribution in [3.05, 3.63) is 29.3 Å². The van der Waals surface area contributed by atoms with Gasteiger partial charge in [-0.3, -0.25) is 0 Å². The number of halogens is 3. The highest BCUT2D eigenvalue weighted by Crippen LogP contribution is 2.32. The van der Waals surface area contributed by atoms with Crippen molar-refractivity contribution in [3.63, 3.8) is 0 Å². The van der Waals surface area contributed by atoms with Crippen LogP contribution in [0, 0.1) is 11.3 Å². The summed E-state index contributed by atoms with van der Waals surface area (Å²) in [6.45, 7) is 4.25. The Kier molecular flexibility index (Phi) is 4.12. The van der Waals surface area contributed by atoms with Gasteiger partial charge in [0.15, 0.2) is 5.79 Å². The van der Waals surface area contributed by atoms with Gasteiger partial charge in [-0.1, -0.05) is 0 Å². The molecule has 1 aromatic carbocycles. The molecule has 21 heavy (non-hydrogen) atoms. The SMILES string of the molecule is CC1(C)OCC(Nc2ccc(C(F)(F)F)cc2C#N)CO1. The van der Waals surface area contributed by atoms with Gasteiger partial charge in [-0.25, -0.2) is 0 Å². The smallest absolute Gasteiger partial charge is 0.377 e. The number of nitrogens with one attached hydrogen (secondary N) is 1. The molecule has 4 nitrogen and oxygen atoms in total. The molecule has 0 atom stereocenters. The molecular formula is C14H15F3N2O2. The first kappa shape index (κ1) is 15.6. The zero-order chi connectivity index (χ0) is 15.7. The molecule has 7 heteroatoms. The third-order valence-corrected chi connectivity index (χ3v) is 3.09. The summed E-state index contributed by atoms with van der Waals surface area (Å²) in [5.74, 6) is -0.670. The summed E-state index contributed by atoms with van der Waals surface area (Å²) in [6, 6.07) is 4.57. The van der Waals surface area contributed by atoms with E-state index in [1.54, 1.807) is 19.9 Å². The van der Waals surface area contributed by atoms with Gasteiger partial charge in [0, 0.05) is 0 Å². The molecule has 0 aromatic heterocycles. The lowest BCUT2D eigenvalue weighted by Crippen LogP contribution is -2.45. The molecule has 1 aliphatic rings. The standard InChI is InChI=1S/C14H15F3N2O2/c1-13(2)20-7-11(8-21-13)19-12-4-3-10(14(15,16)17)5-9(12)6-18/h3-5,11,19H,7-8H2,1-2H3. The van der Waals surface area contributed by atoms with Crippen LogP contribution in [0.15, 0.2) is 18.2 Å². The lowest BCUT2D eigenvalue weighted by Gasteiger charge is -2.35. The third kappa shape index (κ3) is 3.86. The predicted molar refractivity (Wildman–Crippen MR) is 69.6 cm³/mol. The van der Waals surface area contributed by atoms with E-state index in [-0.39, 0.29) is 11.6 Å². The Labute approximate surface area is 120 Å². The number of benzene rings is 1. The van der Waals surface area contributed by atoms with Crippen molar-refractivity contribution >= 4 is 5.69 Å². The van der Waals surface area contributed by atoms with Crippen molar-refractivity contribution < 1.29 is 22.6 Å². The highest BCUT2D eigenvalue weighted by Gasteiger charge is 2.32. The van der Waals surface area contributed by atoms with Crippen molar-refractivity contribution in [2.45, 2.75) is 31.9 Å². The Hall–Kier alpha value is -1.78. The molecular weight excluding hydrogens is 285 g/mol. The summed E-state index contributed by atoms with van der Waals surface area (Å²) in [6.07, 6.45) is -4.47. The molecule has 1 aliphatic heterocycles. The molecule has 1 N–H and O–H groups in total. The largest absolute Gasteiger partial charge is 0.416 e. The van der Waals surface area contributed by atoms with Crippen LogP contribution in [0.3, 0.4) is 0 Å². The predicted octanol–water partition coefficient (Wildman–Crippen LogP) is 3.14. The average molecular weight is 300 g/mol. The lowest BCUT2D eigenvalue weighted by atomic mass is 10.1. The van der Waals surface area contributed by atoms with Crippen molar-refractivity contribution in [1.82, 2.24) is 0 Å².